The predicted octanol–water partition coefficient (Wildman–Crippen LogP) is 5.38. The van der Waals surface area contributed by atoms with Gasteiger partial charge in [-0.15, -0.1) is 0 Å². The standard InChI is InChI=1S/C34H37F3N4O5/c1-22(23-9-5-4-6-10-23)39-17-19-40(20-18-39)27-12-7-11-25-30(27)32(43)41(31(25)42)26(13-8-16-38-33(44)34(35,36)37)24-14-15-28(45-2)29(21-24)46-3/h4-7,9-12,14-15,21-22,26H,8,13,16-20H2,1-3H3,(H,38,44)/t22-,26?/m1/s1. The van der Waals surface area contributed by atoms with E-state index in [1.54, 1.807) is 30.3 Å². The molecule has 9 nitrogen and oxygen atoms in total. The Balaban J connectivity index is 1.39. The second kappa shape index (κ2) is 13.8. The van der Waals surface area contributed by atoms with Crippen LogP contribution in [-0.4, -0.2) is 80.6 Å². The van der Waals surface area contributed by atoms with Gasteiger partial charge in [-0.25, -0.2) is 0 Å². The average molecular weight is 639 g/mol. The lowest BCUT2D eigenvalue weighted by Gasteiger charge is -2.39. The Morgan fingerprint density at radius 2 is 1.57 bits per heavy atom. The first-order valence-corrected chi connectivity index (χ1v) is 15.2. The number of halogens is 3. The highest BCUT2D eigenvalue weighted by Gasteiger charge is 2.43. The number of rotatable bonds is 11. The first-order valence-electron chi connectivity index (χ1n) is 15.2. The number of nitrogens with one attached hydrogen (secondary N) is 1. The van der Waals surface area contributed by atoms with E-state index in [2.05, 4.69) is 28.9 Å². The fraction of sp³-hybridized carbons (Fsp3) is 0.382. The summed E-state index contributed by atoms with van der Waals surface area (Å²) in [5.74, 6) is -2.20. The van der Waals surface area contributed by atoms with Gasteiger partial charge in [0.15, 0.2) is 11.5 Å². The monoisotopic (exact) mass is 638 g/mol. The molecule has 3 aromatic rings. The molecule has 244 valence electrons. The number of amides is 3. The molecule has 5 rings (SSSR count). The van der Waals surface area contributed by atoms with E-state index in [0.717, 1.165) is 13.1 Å². The van der Waals surface area contributed by atoms with Crippen LogP contribution in [0.3, 0.4) is 0 Å². The first-order chi connectivity index (χ1) is 22.0. The highest BCUT2D eigenvalue weighted by Crippen LogP contribution is 2.40. The van der Waals surface area contributed by atoms with Crippen LogP contribution in [0.25, 0.3) is 0 Å². The molecule has 2 atom stereocenters. The maximum Gasteiger partial charge on any atom is 0.471 e. The van der Waals surface area contributed by atoms with Crippen molar-refractivity contribution in [1.29, 1.82) is 0 Å². The van der Waals surface area contributed by atoms with Crippen LogP contribution in [0.2, 0.25) is 0 Å². The van der Waals surface area contributed by atoms with E-state index >= 15 is 0 Å². The quantitative estimate of drug-likeness (QED) is 0.223. The number of fused-ring (bicyclic) bond motifs is 1. The van der Waals surface area contributed by atoms with Crippen LogP contribution >= 0.6 is 0 Å². The number of benzene rings is 3. The van der Waals surface area contributed by atoms with Crippen molar-refractivity contribution in [2.24, 2.45) is 0 Å². The Morgan fingerprint density at radius 1 is 0.870 bits per heavy atom. The number of carbonyl (C=O) groups is 3. The number of hydrogen-bond acceptors (Lipinski definition) is 7. The molecule has 2 aliphatic heterocycles. The third kappa shape index (κ3) is 6.67. The van der Waals surface area contributed by atoms with E-state index in [0.29, 0.717) is 41.4 Å². The molecule has 3 amide bonds. The zero-order valence-electron chi connectivity index (χ0n) is 26.0. The molecule has 46 heavy (non-hydrogen) atoms. The SMILES string of the molecule is COc1ccc(C(CCCNC(=O)C(F)(F)F)N2C(=O)c3cccc(N4CCN([C@H](C)c5ccccc5)CC4)c3C2=O)cc1OC. The Labute approximate surface area is 265 Å². The molecule has 0 bridgehead atoms. The van der Waals surface area contributed by atoms with Crippen molar-refractivity contribution < 1.29 is 37.0 Å². The Hall–Kier alpha value is -4.58. The number of ether oxygens (including phenoxy) is 2. The van der Waals surface area contributed by atoms with Crippen LogP contribution in [0, 0.1) is 0 Å². The molecular formula is C34H37F3N4O5. The molecule has 0 spiro atoms. The summed E-state index contributed by atoms with van der Waals surface area (Å²) in [6, 6.07) is 19.9. The molecule has 12 heteroatoms. The topological polar surface area (TPSA) is 91.4 Å². The van der Waals surface area contributed by atoms with Crippen molar-refractivity contribution in [2.75, 3.05) is 51.8 Å². The summed E-state index contributed by atoms with van der Waals surface area (Å²) < 4.78 is 49.0. The van der Waals surface area contributed by atoms with E-state index in [-0.39, 0.29) is 31.0 Å². The lowest BCUT2D eigenvalue weighted by molar-refractivity contribution is -0.173. The molecule has 2 aliphatic rings. The van der Waals surface area contributed by atoms with Crippen molar-refractivity contribution in [3.8, 4) is 11.5 Å². The van der Waals surface area contributed by atoms with Gasteiger partial charge in [0.1, 0.15) is 0 Å². The van der Waals surface area contributed by atoms with E-state index < -0.39 is 29.9 Å². The van der Waals surface area contributed by atoms with Crippen molar-refractivity contribution in [2.45, 2.75) is 38.0 Å². The Kier molecular flexibility index (Phi) is 9.85. The van der Waals surface area contributed by atoms with E-state index in [4.69, 9.17) is 9.47 Å². The summed E-state index contributed by atoms with van der Waals surface area (Å²) in [6.07, 6.45) is -4.83. The lowest BCUT2D eigenvalue weighted by Crippen LogP contribution is -2.47. The van der Waals surface area contributed by atoms with Crippen molar-refractivity contribution in [3.63, 3.8) is 0 Å². The minimum Gasteiger partial charge on any atom is -0.493 e. The second-order valence-electron chi connectivity index (χ2n) is 11.3. The molecule has 0 aromatic heterocycles. The molecule has 0 saturated carbocycles. The van der Waals surface area contributed by atoms with Crippen molar-refractivity contribution in [1.82, 2.24) is 15.1 Å². The largest absolute Gasteiger partial charge is 0.493 e. The van der Waals surface area contributed by atoms with Gasteiger partial charge in [0, 0.05) is 38.8 Å². The summed E-state index contributed by atoms with van der Waals surface area (Å²) >= 11 is 0. The van der Waals surface area contributed by atoms with E-state index in [1.807, 2.05) is 29.6 Å². The highest BCUT2D eigenvalue weighted by atomic mass is 19.4. The minimum atomic E-state index is -5.01. The van der Waals surface area contributed by atoms with E-state index in [1.165, 1.54) is 24.7 Å². The molecule has 0 aliphatic carbocycles. The number of anilines is 1. The zero-order chi connectivity index (χ0) is 33.0. The number of nitrogens with zero attached hydrogens (tertiary/aromatic N) is 3. The Morgan fingerprint density at radius 3 is 2.22 bits per heavy atom. The highest BCUT2D eigenvalue weighted by molar-refractivity contribution is 6.24. The van der Waals surface area contributed by atoms with Gasteiger partial charge in [-0.2, -0.15) is 13.2 Å². The fourth-order valence-corrected chi connectivity index (χ4v) is 6.23. The van der Waals surface area contributed by atoms with Crippen LogP contribution in [0.1, 0.15) is 63.7 Å². The maximum absolute atomic E-state index is 14.2. The molecule has 1 saturated heterocycles. The summed E-state index contributed by atoms with van der Waals surface area (Å²) in [5, 5.41) is 1.87. The molecule has 1 fully saturated rings. The summed E-state index contributed by atoms with van der Waals surface area (Å²) in [6.45, 7) is 4.74. The Bertz CT molecular complexity index is 1570. The van der Waals surface area contributed by atoms with Gasteiger partial charge in [-0.1, -0.05) is 42.5 Å². The lowest BCUT2D eigenvalue weighted by atomic mass is 9.99. The van der Waals surface area contributed by atoms with Crippen LogP contribution in [-0.2, 0) is 4.79 Å². The predicted molar refractivity (Wildman–Crippen MR) is 166 cm³/mol. The van der Waals surface area contributed by atoms with E-state index in [9.17, 15) is 27.6 Å². The summed E-state index contributed by atoms with van der Waals surface area (Å²) in [5.41, 5.74) is 3.03. The first kappa shape index (κ1) is 32.8. The van der Waals surface area contributed by atoms with Gasteiger partial charge in [0.25, 0.3) is 11.8 Å². The van der Waals surface area contributed by atoms with Gasteiger partial charge in [-0.3, -0.25) is 24.2 Å². The van der Waals surface area contributed by atoms with Crippen LogP contribution in [0.5, 0.6) is 11.5 Å². The number of piperazine rings is 1. The van der Waals surface area contributed by atoms with Gasteiger partial charge in [-0.05, 0) is 55.2 Å². The number of alkyl halides is 3. The molecule has 1 N–H and O–H groups in total. The van der Waals surface area contributed by atoms with Gasteiger partial charge in [0.2, 0.25) is 0 Å². The number of methoxy groups -OCH3 is 2. The number of carbonyl (C=O) groups excluding carboxylic acids is 3. The number of hydrogen-bond donors (Lipinski definition) is 1. The zero-order valence-corrected chi connectivity index (χ0v) is 26.0. The molecule has 1 unspecified atom stereocenters. The normalized spacial score (nSPS) is 16.7. The second-order valence-corrected chi connectivity index (χ2v) is 11.3. The fourth-order valence-electron chi connectivity index (χ4n) is 6.23. The van der Waals surface area contributed by atoms with Crippen molar-refractivity contribution in [3.05, 3.63) is 89.0 Å². The maximum atomic E-state index is 14.2. The average Bonchev–Trinajstić information content (AvgIpc) is 3.33. The third-order valence-electron chi connectivity index (χ3n) is 8.71. The van der Waals surface area contributed by atoms with Gasteiger partial charge in [0.05, 0.1) is 37.1 Å². The van der Waals surface area contributed by atoms with Gasteiger partial charge >= 0.3 is 12.1 Å². The summed E-state index contributed by atoms with van der Waals surface area (Å²) in [4.78, 5) is 45.2. The van der Waals surface area contributed by atoms with Crippen LogP contribution in [0.4, 0.5) is 18.9 Å². The number of imide groups is 1. The third-order valence-corrected chi connectivity index (χ3v) is 8.71. The smallest absolute Gasteiger partial charge is 0.471 e. The molecule has 2 heterocycles. The van der Waals surface area contributed by atoms with Crippen LogP contribution in [0.15, 0.2) is 66.7 Å². The molecule has 0 radical (unpaired) electrons. The molecular weight excluding hydrogens is 601 g/mol. The van der Waals surface area contributed by atoms with Crippen molar-refractivity contribution >= 4 is 23.4 Å². The van der Waals surface area contributed by atoms with Gasteiger partial charge < -0.3 is 19.7 Å². The van der Waals surface area contributed by atoms with Crippen LogP contribution < -0.4 is 19.7 Å². The molecule has 3 aromatic carbocycles. The minimum absolute atomic E-state index is 0.0721. The summed E-state index contributed by atoms with van der Waals surface area (Å²) in [7, 11) is 2.93.